The van der Waals surface area contributed by atoms with Crippen LogP contribution in [0.1, 0.15) is 12.5 Å². The Morgan fingerprint density at radius 3 is 2.88 bits per heavy atom. The Bertz CT molecular complexity index is 1090. The summed E-state index contributed by atoms with van der Waals surface area (Å²) in [6.45, 7) is 3.34. The van der Waals surface area contributed by atoms with Crippen LogP contribution < -0.4 is 10.9 Å². The van der Waals surface area contributed by atoms with E-state index in [1.807, 2.05) is 42.5 Å². The highest BCUT2D eigenvalue weighted by Crippen LogP contribution is 2.13. The number of fused-ring (bicyclic) bond motifs is 2. The molecule has 0 radical (unpaired) electrons. The molecule has 6 nitrogen and oxygen atoms in total. The van der Waals surface area contributed by atoms with Crippen molar-refractivity contribution in [1.82, 2.24) is 23.6 Å². The maximum Gasteiger partial charge on any atom is 0.261 e. The Morgan fingerprint density at radius 1 is 1.12 bits per heavy atom. The fraction of sp³-hybridized carbons (Fsp3) is 0.222. The average molecular weight is 351 g/mol. The Hall–Kier alpha value is -2.64. The van der Waals surface area contributed by atoms with Crippen molar-refractivity contribution in [3.05, 3.63) is 64.7 Å². The van der Waals surface area contributed by atoms with Crippen LogP contribution in [0.2, 0.25) is 0 Å². The molecule has 2 heterocycles. The predicted octanol–water partition coefficient (Wildman–Crippen LogP) is 2.58. The molecule has 1 N–H and O–H groups in total. The van der Waals surface area contributed by atoms with E-state index in [0.29, 0.717) is 18.5 Å². The number of rotatable bonds is 5. The molecule has 0 aliphatic carbocycles. The highest BCUT2D eigenvalue weighted by Gasteiger charge is 2.08. The lowest BCUT2D eigenvalue weighted by Crippen LogP contribution is -2.34. The molecule has 0 amide bonds. The van der Waals surface area contributed by atoms with Crippen LogP contribution in [0.4, 0.5) is 0 Å². The quantitative estimate of drug-likeness (QED) is 0.598. The Kier molecular flexibility index (Phi) is 4.25. The molecule has 0 bridgehead atoms. The van der Waals surface area contributed by atoms with Crippen LogP contribution >= 0.6 is 11.7 Å². The molecule has 2 aromatic carbocycles. The molecule has 0 saturated heterocycles. The maximum absolute atomic E-state index is 12.5. The topological polar surface area (TPSA) is 72.7 Å². The first-order valence-corrected chi connectivity index (χ1v) is 8.82. The van der Waals surface area contributed by atoms with Gasteiger partial charge in [0.05, 0.1) is 29.0 Å². The Morgan fingerprint density at radius 2 is 1.96 bits per heavy atom. The number of aromatic nitrogens is 4. The van der Waals surface area contributed by atoms with Crippen molar-refractivity contribution in [3.63, 3.8) is 0 Å². The first-order chi connectivity index (χ1) is 12.2. The Balaban J connectivity index is 1.46. The maximum atomic E-state index is 12.5. The van der Waals surface area contributed by atoms with Crippen LogP contribution in [0.25, 0.3) is 21.9 Å². The van der Waals surface area contributed by atoms with Crippen molar-refractivity contribution in [2.45, 2.75) is 26.1 Å². The molecule has 0 aliphatic heterocycles. The van der Waals surface area contributed by atoms with E-state index in [0.717, 1.165) is 22.1 Å². The van der Waals surface area contributed by atoms with Crippen LogP contribution in [-0.4, -0.2) is 24.3 Å². The molecule has 1 unspecified atom stereocenters. The molecule has 2 aromatic heterocycles. The minimum absolute atomic E-state index is 0.00535. The van der Waals surface area contributed by atoms with E-state index >= 15 is 0 Å². The number of nitrogens with one attached hydrogen (secondary N) is 1. The number of hydrogen-bond donors (Lipinski definition) is 1. The van der Waals surface area contributed by atoms with Crippen LogP contribution in [-0.2, 0) is 13.1 Å². The first-order valence-electron chi connectivity index (χ1n) is 8.09. The number of para-hydroxylation sites is 1. The number of benzene rings is 2. The molecule has 126 valence electrons. The zero-order chi connectivity index (χ0) is 17.2. The molecule has 0 fully saturated rings. The van der Waals surface area contributed by atoms with Gasteiger partial charge in [0.1, 0.15) is 11.0 Å². The van der Waals surface area contributed by atoms with Crippen molar-refractivity contribution >= 4 is 33.7 Å². The number of nitrogens with zero attached hydrogens (tertiary/aromatic N) is 4. The summed E-state index contributed by atoms with van der Waals surface area (Å²) in [6.07, 6.45) is 1.62. The normalized spacial score (nSPS) is 12.7. The highest BCUT2D eigenvalue weighted by molar-refractivity contribution is 7.00. The van der Waals surface area contributed by atoms with Gasteiger partial charge in [-0.05, 0) is 36.8 Å². The van der Waals surface area contributed by atoms with Gasteiger partial charge < -0.3 is 5.32 Å². The van der Waals surface area contributed by atoms with Gasteiger partial charge in [-0.25, -0.2) is 4.98 Å². The van der Waals surface area contributed by atoms with Gasteiger partial charge in [-0.1, -0.05) is 18.2 Å². The van der Waals surface area contributed by atoms with Crippen LogP contribution in [0.3, 0.4) is 0 Å². The minimum Gasteiger partial charge on any atom is -0.308 e. The third kappa shape index (κ3) is 3.29. The second-order valence-electron chi connectivity index (χ2n) is 6.09. The summed E-state index contributed by atoms with van der Waals surface area (Å²) in [4.78, 5) is 16.9. The van der Waals surface area contributed by atoms with Gasteiger partial charge in [0.25, 0.3) is 5.56 Å². The minimum atomic E-state index is -0.00535. The summed E-state index contributed by atoms with van der Waals surface area (Å²) in [5.74, 6) is 0. The highest BCUT2D eigenvalue weighted by atomic mass is 32.1. The zero-order valence-electron chi connectivity index (χ0n) is 13.7. The predicted molar refractivity (Wildman–Crippen MR) is 99.7 cm³/mol. The summed E-state index contributed by atoms with van der Waals surface area (Å²) in [5.41, 5.74) is 3.72. The third-order valence-electron chi connectivity index (χ3n) is 4.17. The van der Waals surface area contributed by atoms with Gasteiger partial charge in [-0.2, -0.15) is 8.75 Å². The molecule has 25 heavy (non-hydrogen) atoms. The van der Waals surface area contributed by atoms with E-state index in [1.54, 1.807) is 10.9 Å². The summed E-state index contributed by atoms with van der Waals surface area (Å²) >= 11 is 1.22. The molecular formula is C18H17N5OS. The summed E-state index contributed by atoms with van der Waals surface area (Å²) < 4.78 is 10.1. The molecular weight excluding hydrogens is 334 g/mol. The van der Waals surface area contributed by atoms with Crippen LogP contribution in [0, 0.1) is 0 Å². The van der Waals surface area contributed by atoms with Crippen LogP contribution in [0.15, 0.2) is 53.6 Å². The number of hydrogen-bond acceptors (Lipinski definition) is 6. The molecule has 4 aromatic rings. The van der Waals surface area contributed by atoms with E-state index in [9.17, 15) is 4.79 Å². The average Bonchev–Trinajstić information content (AvgIpc) is 3.10. The van der Waals surface area contributed by atoms with E-state index in [1.165, 1.54) is 11.7 Å². The third-order valence-corrected chi connectivity index (χ3v) is 4.73. The molecule has 0 spiro atoms. The summed E-state index contributed by atoms with van der Waals surface area (Å²) in [7, 11) is 0. The summed E-state index contributed by atoms with van der Waals surface area (Å²) in [6, 6.07) is 13.6. The van der Waals surface area contributed by atoms with E-state index in [-0.39, 0.29) is 11.6 Å². The van der Waals surface area contributed by atoms with Gasteiger partial charge in [-0.3, -0.25) is 9.36 Å². The van der Waals surface area contributed by atoms with E-state index < -0.39 is 0 Å². The van der Waals surface area contributed by atoms with Crippen molar-refractivity contribution in [2.75, 3.05) is 0 Å². The molecule has 0 saturated carbocycles. The van der Waals surface area contributed by atoms with Gasteiger partial charge in [0, 0.05) is 19.1 Å². The monoisotopic (exact) mass is 351 g/mol. The van der Waals surface area contributed by atoms with Gasteiger partial charge in [-0.15, -0.1) is 0 Å². The first kappa shape index (κ1) is 15.9. The van der Waals surface area contributed by atoms with E-state index in [2.05, 4.69) is 26.0 Å². The zero-order valence-corrected chi connectivity index (χ0v) is 14.5. The lowest BCUT2D eigenvalue weighted by molar-refractivity contribution is 0.467. The van der Waals surface area contributed by atoms with Crippen molar-refractivity contribution < 1.29 is 0 Å². The SMILES string of the molecule is CC(Cn1cnc2ccccc2c1=O)NCc1ccc2nsnc2c1. The second kappa shape index (κ2) is 6.70. The van der Waals surface area contributed by atoms with Gasteiger partial charge in [0.2, 0.25) is 0 Å². The van der Waals surface area contributed by atoms with E-state index in [4.69, 9.17) is 0 Å². The smallest absolute Gasteiger partial charge is 0.261 e. The summed E-state index contributed by atoms with van der Waals surface area (Å²) in [5, 5.41) is 4.10. The Labute approximate surface area is 148 Å². The fourth-order valence-corrected chi connectivity index (χ4v) is 3.34. The molecule has 4 rings (SSSR count). The van der Waals surface area contributed by atoms with Gasteiger partial charge >= 0.3 is 0 Å². The standard InChI is InChI=1S/C18H17N5OS/c1-12(19-9-13-6-7-16-17(8-13)22-25-21-16)10-23-11-20-15-5-3-2-4-14(15)18(23)24/h2-8,11-12,19H,9-10H2,1H3. The lowest BCUT2D eigenvalue weighted by atomic mass is 10.2. The molecule has 1 atom stereocenters. The van der Waals surface area contributed by atoms with Crippen molar-refractivity contribution in [1.29, 1.82) is 0 Å². The van der Waals surface area contributed by atoms with Crippen LogP contribution in [0.5, 0.6) is 0 Å². The molecule has 0 aliphatic rings. The second-order valence-corrected chi connectivity index (χ2v) is 6.62. The fourth-order valence-electron chi connectivity index (χ4n) is 2.83. The largest absolute Gasteiger partial charge is 0.308 e. The van der Waals surface area contributed by atoms with Crippen molar-refractivity contribution in [2.24, 2.45) is 0 Å². The lowest BCUT2D eigenvalue weighted by Gasteiger charge is -2.15. The van der Waals surface area contributed by atoms with Crippen molar-refractivity contribution in [3.8, 4) is 0 Å². The van der Waals surface area contributed by atoms with Gasteiger partial charge in [0.15, 0.2) is 0 Å². The molecule has 7 heteroatoms.